The van der Waals surface area contributed by atoms with E-state index in [9.17, 15) is 5.11 Å². The lowest BCUT2D eigenvalue weighted by Gasteiger charge is -2.11. The number of aromatic hydroxyl groups is 1. The van der Waals surface area contributed by atoms with Gasteiger partial charge in [0.1, 0.15) is 5.75 Å². The second-order valence-electron chi connectivity index (χ2n) is 5.40. The molecule has 0 radical (unpaired) electrons. The summed E-state index contributed by atoms with van der Waals surface area (Å²) < 4.78 is 0. The molecule has 0 saturated carbocycles. The van der Waals surface area contributed by atoms with E-state index in [1.165, 1.54) is 15.3 Å². The van der Waals surface area contributed by atoms with Gasteiger partial charge in [-0.25, -0.2) is 4.99 Å². The van der Waals surface area contributed by atoms with Crippen LogP contribution in [-0.4, -0.2) is 24.2 Å². The van der Waals surface area contributed by atoms with Crippen LogP contribution in [0, 0.1) is 6.92 Å². The number of guanidine groups is 1. The first kappa shape index (κ1) is 17.3. The van der Waals surface area contributed by atoms with E-state index < -0.39 is 0 Å². The highest BCUT2D eigenvalue weighted by Crippen LogP contribution is 2.15. The molecule has 1 heterocycles. The molecule has 0 saturated heterocycles. The van der Waals surface area contributed by atoms with E-state index in [0.717, 1.165) is 31.9 Å². The van der Waals surface area contributed by atoms with Crippen LogP contribution in [0.4, 0.5) is 0 Å². The van der Waals surface area contributed by atoms with Crippen LogP contribution in [0.1, 0.15) is 28.7 Å². The van der Waals surface area contributed by atoms with Gasteiger partial charge in [-0.05, 0) is 56.5 Å². The largest absolute Gasteiger partial charge is 0.508 e. The molecule has 1 aromatic carbocycles. The molecule has 0 aliphatic rings. The minimum Gasteiger partial charge on any atom is -0.508 e. The van der Waals surface area contributed by atoms with Gasteiger partial charge in [-0.15, -0.1) is 11.3 Å². The third-order valence-corrected chi connectivity index (χ3v) is 4.39. The normalized spacial score (nSPS) is 11.5. The van der Waals surface area contributed by atoms with Crippen molar-refractivity contribution in [2.75, 3.05) is 13.1 Å². The molecule has 0 amide bonds. The predicted molar refractivity (Wildman–Crippen MR) is 98.3 cm³/mol. The maximum atomic E-state index is 9.28. The fourth-order valence-electron chi connectivity index (χ4n) is 2.23. The van der Waals surface area contributed by atoms with Gasteiger partial charge in [0.15, 0.2) is 5.96 Å². The minimum absolute atomic E-state index is 0.317. The third-order valence-electron chi connectivity index (χ3n) is 3.40. The molecule has 0 bridgehead atoms. The molecule has 4 nitrogen and oxygen atoms in total. The van der Waals surface area contributed by atoms with E-state index in [0.29, 0.717) is 12.3 Å². The average Bonchev–Trinajstić information content (AvgIpc) is 2.96. The fourth-order valence-corrected chi connectivity index (χ4v) is 3.05. The molecule has 1 aromatic heterocycles. The van der Waals surface area contributed by atoms with E-state index in [1.807, 2.05) is 12.1 Å². The van der Waals surface area contributed by atoms with Crippen LogP contribution >= 0.6 is 11.3 Å². The molecule has 124 valence electrons. The molecule has 0 aliphatic carbocycles. The van der Waals surface area contributed by atoms with Crippen molar-refractivity contribution >= 4 is 17.3 Å². The van der Waals surface area contributed by atoms with Crippen molar-refractivity contribution in [1.29, 1.82) is 0 Å². The first-order chi connectivity index (χ1) is 11.2. The van der Waals surface area contributed by atoms with E-state index in [-0.39, 0.29) is 0 Å². The Morgan fingerprint density at radius 3 is 2.57 bits per heavy atom. The lowest BCUT2D eigenvalue weighted by molar-refractivity contribution is 0.475. The fraction of sp³-hybridized carbons (Fsp3) is 0.389. The van der Waals surface area contributed by atoms with Crippen LogP contribution in [0.2, 0.25) is 0 Å². The van der Waals surface area contributed by atoms with Crippen LogP contribution in [-0.2, 0) is 13.0 Å². The third kappa shape index (κ3) is 6.32. The number of thiophene rings is 1. The van der Waals surface area contributed by atoms with Gasteiger partial charge in [-0.3, -0.25) is 0 Å². The molecule has 5 heteroatoms. The monoisotopic (exact) mass is 331 g/mol. The maximum absolute atomic E-state index is 9.28. The van der Waals surface area contributed by atoms with E-state index in [1.54, 1.807) is 23.5 Å². The van der Waals surface area contributed by atoms with Gasteiger partial charge in [-0.1, -0.05) is 12.1 Å². The Morgan fingerprint density at radius 1 is 1.13 bits per heavy atom. The average molecular weight is 331 g/mol. The van der Waals surface area contributed by atoms with Gasteiger partial charge in [0, 0.05) is 22.8 Å². The first-order valence-corrected chi connectivity index (χ1v) is 8.84. The number of benzene rings is 1. The lowest BCUT2D eigenvalue weighted by Crippen LogP contribution is -2.37. The van der Waals surface area contributed by atoms with Crippen LogP contribution in [0.5, 0.6) is 5.75 Å². The Balaban J connectivity index is 1.76. The summed E-state index contributed by atoms with van der Waals surface area (Å²) >= 11 is 1.79. The highest BCUT2D eigenvalue weighted by Gasteiger charge is 2.00. The zero-order valence-electron chi connectivity index (χ0n) is 13.8. The van der Waals surface area contributed by atoms with Crippen molar-refractivity contribution in [1.82, 2.24) is 10.6 Å². The molecule has 0 spiro atoms. The van der Waals surface area contributed by atoms with Gasteiger partial charge in [-0.2, -0.15) is 0 Å². The van der Waals surface area contributed by atoms with Crippen molar-refractivity contribution in [3.63, 3.8) is 0 Å². The van der Waals surface area contributed by atoms with Gasteiger partial charge >= 0.3 is 0 Å². The number of hydrogen-bond acceptors (Lipinski definition) is 3. The molecule has 0 fully saturated rings. The Morgan fingerprint density at radius 2 is 1.91 bits per heavy atom. The number of phenolic OH excluding ortho intramolecular Hbond substituents is 1. The smallest absolute Gasteiger partial charge is 0.191 e. The maximum Gasteiger partial charge on any atom is 0.191 e. The number of nitrogens with zero attached hydrogens (tertiary/aromatic N) is 1. The van der Waals surface area contributed by atoms with Crippen LogP contribution < -0.4 is 10.6 Å². The molecule has 0 atom stereocenters. The number of phenols is 1. The zero-order valence-corrected chi connectivity index (χ0v) is 14.6. The van der Waals surface area contributed by atoms with Crippen molar-refractivity contribution in [2.24, 2.45) is 4.99 Å². The highest BCUT2D eigenvalue weighted by molar-refractivity contribution is 7.11. The molecule has 0 unspecified atom stereocenters. The Bertz CT molecular complexity index is 619. The summed E-state index contributed by atoms with van der Waals surface area (Å²) in [5.74, 6) is 1.18. The van der Waals surface area contributed by atoms with E-state index >= 15 is 0 Å². The molecular weight excluding hydrogens is 306 g/mol. The van der Waals surface area contributed by atoms with Crippen LogP contribution in [0.3, 0.4) is 0 Å². The number of aryl methyl sites for hydroxylation is 2. The SMILES string of the molecule is CCNC(=NCc1ccc(C)s1)NCCCc1ccc(O)cc1. The topological polar surface area (TPSA) is 56.7 Å². The number of rotatable bonds is 7. The summed E-state index contributed by atoms with van der Waals surface area (Å²) in [7, 11) is 0. The van der Waals surface area contributed by atoms with Crippen molar-refractivity contribution < 1.29 is 5.11 Å². The Labute approximate surface area is 142 Å². The van der Waals surface area contributed by atoms with Gasteiger partial charge in [0.2, 0.25) is 0 Å². The molecule has 3 N–H and O–H groups in total. The van der Waals surface area contributed by atoms with Crippen molar-refractivity contribution in [3.8, 4) is 5.75 Å². The summed E-state index contributed by atoms with van der Waals surface area (Å²) in [6.45, 7) is 6.63. The summed E-state index contributed by atoms with van der Waals surface area (Å²) in [6.07, 6.45) is 2.00. The molecule has 0 aliphatic heterocycles. The summed E-state index contributed by atoms with van der Waals surface area (Å²) in [4.78, 5) is 7.23. The second-order valence-corrected chi connectivity index (χ2v) is 6.78. The quantitative estimate of drug-likeness (QED) is 0.414. The number of nitrogens with one attached hydrogen (secondary N) is 2. The van der Waals surface area contributed by atoms with Crippen molar-refractivity contribution in [2.45, 2.75) is 33.2 Å². The van der Waals surface area contributed by atoms with E-state index in [2.05, 4.69) is 41.6 Å². The van der Waals surface area contributed by atoms with Gasteiger partial charge in [0.05, 0.1) is 6.54 Å². The molecule has 2 aromatic rings. The van der Waals surface area contributed by atoms with Gasteiger partial charge in [0.25, 0.3) is 0 Å². The van der Waals surface area contributed by atoms with Crippen LogP contribution in [0.15, 0.2) is 41.4 Å². The predicted octanol–water partition coefficient (Wildman–Crippen LogP) is 3.45. The second kappa shape index (κ2) is 9.20. The van der Waals surface area contributed by atoms with Crippen LogP contribution in [0.25, 0.3) is 0 Å². The minimum atomic E-state index is 0.317. The van der Waals surface area contributed by atoms with Gasteiger partial charge < -0.3 is 15.7 Å². The summed E-state index contributed by atoms with van der Waals surface area (Å²) in [5, 5.41) is 15.9. The molecule has 23 heavy (non-hydrogen) atoms. The van der Waals surface area contributed by atoms with E-state index in [4.69, 9.17) is 0 Å². The van der Waals surface area contributed by atoms with Crippen molar-refractivity contribution in [3.05, 3.63) is 51.7 Å². The highest BCUT2D eigenvalue weighted by atomic mass is 32.1. The Kier molecular flexibility index (Phi) is 6.94. The summed E-state index contributed by atoms with van der Waals surface area (Å²) in [5.41, 5.74) is 1.24. The first-order valence-electron chi connectivity index (χ1n) is 8.03. The Hall–Kier alpha value is -2.01. The molecule has 2 rings (SSSR count). The lowest BCUT2D eigenvalue weighted by atomic mass is 10.1. The number of aliphatic imine (C=N–C) groups is 1. The standard InChI is InChI=1S/C18H25N3OS/c1-3-19-18(21-13-17-11-6-14(2)23-17)20-12-4-5-15-7-9-16(22)10-8-15/h6-11,22H,3-5,12-13H2,1-2H3,(H2,19,20,21). The summed E-state index contributed by atoms with van der Waals surface area (Å²) in [6, 6.07) is 11.7. The molecular formula is C18H25N3OS. The zero-order chi connectivity index (χ0) is 16.5. The number of hydrogen-bond donors (Lipinski definition) is 3.